The molecule has 4 unspecified atom stereocenters. The van der Waals surface area contributed by atoms with E-state index in [4.69, 9.17) is 40.5 Å². The van der Waals surface area contributed by atoms with Gasteiger partial charge in [-0.2, -0.15) is 0 Å². The van der Waals surface area contributed by atoms with Gasteiger partial charge in [-0.25, -0.2) is 19.6 Å². The van der Waals surface area contributed by atoms with Gasteiger partial charge in [-0.1, -0.05) is 60.1 Å². The highest BCUT2D eigenvalue weighted by Crippen LogP contribution is 2.55. The molecule has 4 saturated heterocycles. The molecule has 6 fully saturated rings. The SMILES string of the molecule is COC(=O)NC(C(=O)N1[C@@H]2C[C@@H]2C[C@H]1c1ncc(-c2ccc(-c3ccc(-c4nc([C@@H]5C[C@H]6C[C@H]6N5C(=O)C(NC(=O)OC)C5C[C@@H](C)O[C@@H](C)C5)[nH]c4Cl)cc3)cc2)[nH]1)C1C[C@@H](C)O[C@@H](C)C1. The van der Waals surface area contributed by atoms with Crippen molar-refractivity contribution in [3.8, 4) is 33.6 Å². The van der Waals surface area contributed by atoms with E-state index in [-0.39, 0.29) is 72.2 Å². The highest BCUT2D eigenvalue weighted by molar-refractivity contribution is 6.32. The lowest BCUT2D eigenvalue weighted by Crippen LogP contribution is -2.55. The van der Waals surface area contributed by atoms with Crippen molar-refractivity contribution in [2.75, 3.05) is 14.2 Å². The van der Waals surface area contributed by atoms with Crippen LogP contribution in [0.2, 0.25) is 5.15 Å². The molecule has 6 heterocycles. The molecule has 0 bridgehead atoms. The fourth-order valence-corrected chi connectivity index (χ4v) is 12.2. The Kier molecular flexibility index (Phi) is 12.3. The Balaban J connectivity index is 0.819. The van der Waals surface area contributed by atoms with E-state index in [1.807, 2.05) is 68.0 Å². The van der Waals surface area contributed by atoms with E-state index in [0.29, 0.717) is 54.2 Å². The number of carbonyl (C=O) groups excluding carboxylic acids is 4. The number of hydrogen-bond donors (Lipinski definition) is 4. The van der Waals surface area contributed by atoms with Crippen LogP contribution in [-0.4, -0.2) is 117 Å². The number of likely N-dealkylation sites (tertiary alicyclic amines) is 2. The number of H-pyrrole nitrogens is 2. The number of rotatable bonds is 11. The van der Waals surface area contributed by atoms with Gasteiger partial charge in [-0.05, 0) is 119 Å². The van der Waals surface area contributed by atoms with E-state index in [0.717, 1.165) is 59.5 Å². The Morgan fingerprint density at radius 3 is 1.52 bits per heavy atom. The van der Waals surface area contributed by atoms with Crippen LogP contribution in [0.5, 0.6) is 0 Å². The molecule has 2 aliphatic carbocycles. The van der Waals surface area contributed by atoms with E-state index in [1.54, 1.807) is 0 Å². The fourth-order valence-electron chi connectivity index (χ4n) is 12.0. The Morgan fingerprint density at radius 1 is 0.627 bits per heavy atom. The van der Waals surface area contributed by atoms with Crippen LogP contribution in [0.15, 0.2) is 54.7 Å². The number of methoxy groups -OCH3 is 2. The second-order valence-electron chi connectivity index (χ2n) is 19.9. The number of piperidine rings is 2. The molecule has 2 aromatic heterocycles. The summed E-state index contributed by atoms with van der Waals surface area (Å²) in [4.78, 5) is 74.6. The predicted molar refractivity (Wildman–Crippen MR) is 248 cm³/mol. The number of aromatic amines is 2. The molecule has 4 aromatic rings. The third kappa shape index (κ3) is 9.04. The second-order valence-corrected chi connectivity index (χ2v) is 20.3. The maximum Gasteiger partial charge on any atom is 0.407 e. The number of nitrogens with one attached hydrogen (secondary N) is 4. The molecule has 67 heavy (non-hydrogen) atoms. The number of hydrogen-bond acceptors (Lipinski definition) is 10. The zero-order chi connectivity index (χ0) is 46.8. The van der Waals surface area contributed by atoms with Gasteiger partial charge in [0, 0.05) is 17.6 Å². The number of ether oxygens (including phenoxy) is 4. The van der Waals surface area contributed by atoms with Gasteiger partial charge in [0.05, 0.1) is 62.6 Å². The molecule has 14 atom stereocenters. The lowest BCUT2D eigenvalue weighted by atomic mass is 9.85. The molecule has 4 aliphatic heterocycles. The lowest BCUT2D eigenvalue weighted by molar-refractivity contribution is -0.140. The number of benzene rings is 2. The number of nitrogens with zero attached hydrogens (tertiary/aromatic N) is 4. The normalized spacial score (nSPS) is 31.6. The molecule has 2 saturated carbocycles. The summed E-state index contributed by atoms with van der Waals surface area (Å²) in [5, 5.41) is 6.17. The topological polar surface area (TPSA) is 193 Å². The molecule has 4 N–H and O–H groups in total. The van der Waals surface area contributed by atoms with E-state index >= 15 is 0 Å². The molecule has 2 aromatic carbocycles. The quantitative estimate of drug-likeness (QED) is 0.115. The van der Waals surface area contributed by atoms with Crippen molar-refractivity contribution in [1.29, 1.82) is 0 Å². The summed E-state index contributed by atoms with van der Waals surface area (Å²) in [6.45, 7) is 8.03. The van der Waals surface area contributed by atoms with Crippen molar-refractivity contribution < 1.29 is 38.1 Å². The highest BCUT2D eigenvalue weighted by Gasteiger charge is 2.58. The smallest absolute Gasteiger partial charge is 0.407 e. The molecule has 17 heteroatoms. The summed E-state index contributed by atoms with van der Waals surface area (Å²) >= 11 is 6.86. The predicted octanol–water partition coefficient (Wildman–Crippen LogP) is 7.97. The van der Waals surface area contributed by atoms with Crippen molar-refractivity contribution in [2.24, 2.45) is 23.7 Å². The Bertz CT molecular complexity index is 2480. The number of imidazole rings is 2. The minimum absolute atomic E-state index is 0.0182. The van der Waals surface area contributed by atoms with Gasteiger partial charge in [0.15, 0.2) is 0 Å². The van der Waals surface area contributed by atoms with Crippen LogP contribution in [0.3, 0.4) is 0 Å². The minimum atomic E-state index is -0.745. The van der Waals surface area contributed by atoms with Crippen LogP contribution in [0.1, 0.15) is 103 Å². The molecule has 16 nitrogen and oxygen atoms in total. The molecular weight excluding hydrogens is 876 g/mol. The van der Waals surface area contributed by atoms with Crippen molar-refractivity contribution >= 4 is 35.6 Å². The Labute approximate surface area is 395 Å². The first-order chi connectivity index (χ1) is 32.3. The number of halogens is 1. The maximum atomic E-state index is 14.5. The van der Waals surface area contributed by atoms with Crippen LogP contribution >= 0.6 is 11.6 Å². The first-order valence-electron chi connectivity index (χ1n) is 23.9. The molecule has 356 valence electrons. The monoisotopic (exact) mass is 936 g/mol. The van der Waals surface area contributed by atoms with Gasteiger partial charge < -0.3 is 49.3 Å². The molecule has 6 aliphatic rings. The van der Waals surface area contributed by atoms with Crippen LogP contribution in [0.4, 0.5) is 9.59 Å². The number of amides is 4. The average Bonchev–Trinajstić information content (AvgIpc) is 3.96. The average molecular weight is 938 g/mol. The Morgan fingerprint density at radius 2 is 1.06 bits per heavy atom. The van der Waals surface area contributed by atoms with Gasteiger partial charge >= 0.3 is 12.2 Å². The zero-order valence-electron chi connectivity index (χ0n) is 38.9. The van der Waals surface area contributed by atoms with Gasteiger partial charge in [0.25, 0.3) is 0 Å². The summed E-state index contributed by atoms with van der Waals surface area (Å²) in [5.41, 5.74) is 5.32. The van der Waals surface area contributed by atoms with Gasteiger partial charge in [0.1, 0.15) is 34.6 Å². The van der Waals surface area contributed by atoms with Crippen LogP contribution < -0.4 is 10.6 Å². The summed E-state index contributed by atoms with van der Waals surface area (Å²) in [6, 6.07) is 14.6. The summed E-state index contributed by atoms with van der Waals surface area (Å²) in [6.07, 6.45) is 6.61. The third-order valence-electron chi connectivity index (χ3n) is 15.2. The Hall–Kier alpha value is -5.45. The number of aromatic nitrogens is 4. The first-order valence-corrected chi connectivity index (χ1v) is 24.3. The molecule has 0 spiro atoms. The third-order valence-corrected chi connectivity index (χ3v) is 15.4. The number of fused-ring (bicyclic) bond motifs is 2. The van der Waals surface area contributed by atoms with Crippen LogP contribution in [0.25, 0.3) is 33.6 Å². The van der Waals surface area contributed by atoms with Gasteiger partial charge in [0.2, 0.25) is 11.8 Å². The summed E-state index contributed by atoms with van der Waals surface area (Å²) in [7, 11) is 2.63. The molecule has 4 amide bonds. The standard InChI is InChI=1S/C50H61ClN8O8/c1-24-15-34(16-25(2)66-24)42(55-49(62)64-5)47(60)58-37-19-32(37)21-39(58)45-52-23-36(53-45)30-11-7-28(8-12-30)29-9-13-31(14-10-29)41-44(51)57-46(54-41)40-22-33-20-38(33)59(40)48(61)43(56-50(63)65-6)35-17-26(3)67-27(4)18-35/h7-14,23-27,32-35,37-40,42-43H,15-22H2,1-6H3,(H,52,53)(H,54,57)(H,55,62)(H,56,63)/t24-,25+,26-,27+,32-,33-,34?,35?,37-,38-,39+,40+,42?,43?/m1/s1. The summed E-state index contributed by atoms with van der Waals surface area (Å²) < 4.78 is 21.9. The number of alkyl carbamates (subject to hydrolysis) is 2. The van der Waals surface area contributed by atoms with Crippen molar-refractivity contribution in [3.05, 3.63) is 71.5 Å². The van der Waals surface area contributed by atoms with Gasteiger partial charge in [-0.3, -0.25) is 9.59 Å². The van der Waals surface area contributed by atoms with Gasteiger partial charge in [-0.15, -0.1) is 0 Å². The maximum absolute atomic E-state index is 14.5. The van der Waals surface area contributed by atoms with Crippen molar-refractivity contribution in [3.63, 3.8) is 0 Å². The highest BCUT2D eigenvalue weighted by atomic mass is 35.5. The van der Waals surface area contributed by atoms with E-state index in [1.165, 1.54) is 14.2 Å². The fraction of sp³-hybridized carbons (Fsp3) is 0.560. The van der Waals surface area contributed by atoms with E-state index in [9.17, 15) is 19.2 Å². The largest absolute Gasteiger partial charge is 0.453 e. The van der Waals surface area contributed by atoms with E-state index < -0.39 is 24.3 Å². The lowest BCUT2D eigenvalue weighted by Gasteiger charge is -2.38. The van der Waals surface area contributed by atoms with Crippen molar-refractivity contribution in [1.82, 2.24) is 40.4 Å². The van der Waals surface area contributed by atoms with Crippen LogP contribution in [-0.2, 0) is 28.5 Å². The molecular formula is C50H61ClN8O8. The molecule has 10 rings (SSSR count). The summed E-state index contributed by atoms with van der Waals surface area (Å²) in [5.74, 6) is 1.78. The zero-order valence-corrected chi connectivity index (χ0v) is 39.6. The minimum Gasteiger partial charge on any atom is -0.453 e. The number of carbonyl (C=O) groups is 4. The molecule has 0 radical (unpaired) electrons. The van der Waals surface area contributed by atoms with Crippen LogP contribution in [0, 0.1) is 23.7 Å². The second kappa shape index (κ2) is 18.2. The van der Waals surface area contributed by atoms with E-state index in [2.05, 4.69) is 44.9 Å². The first kappa shape index (κ1) is 45.3. The van der Waals surface area contributed by atoms with Crippen molar-refractivity contribution in [2.45, 2.75) is 140 Å².